The molecule has 5 heteroatoms. The maximum atomic E-state index is 5.37. The van der Waals surface area contributed by atoms with Crippen LogP contribution in [0.4, 0.5) is 0 Å². The molecule has 1 saturated heterocycles. The van der Waals surface area contributed by atoms with E-state index in [-0.39, 0.29) is 4.75 Å². The van der Waals surface area contributed by atoms with E-state index in [4.69, 9.17) is 4.74 Å². The molecule has 106 valence electrons. The molecule has 0 saturated carbocycles. The number of hydrogen-bond acceptors (Lipinski definition) is 3. The summed E-state index contributed by atoms with van der Waals surface area (Å²) < 4.78 is 5.56. The second-order valence-electron chi connectivity index (χ2n) is 5.19. The van der Waals surface area contributed by atoms with Gasteiger partial charge in [-0.05, 0) is 39.9 Å². The number of rotatable bonds is 5. The summed E-state index contributed by atoms with van der Waals surface area (Å²) in [6.45, 7) is 9.97. The summed E-state index contributed by atoms with van der Waals surface area (Å²) in [7, 11) is 0. The van der Waals surface area contributed by atoms with Crippen LogP contribution < -0.4 is 10.6 Å². The Kier molecular flexibility index (Phi) is 6.86. The number of guanidine groups is 1. The van der Waals surface area contributed by atoms with Gasteiger partial charge in [-0.3, -0.25) is 4.99 Å². The second kappa shape index (κ2) is 7.89. The van der Waals surface area contributed by atoms with Crippen LogP contribution in [0.2, 0.25) is 0 Å². The number of hydrogen-bond donors (Lipinski definition) is 2. The van der Waals surface area contributed by atoms with Crippen molar-refractivity contribution in [2.45, 2.75) is 44.4 Å². The molecule has 0 atom stereocenters. The second-order valence-corrected chi connectivity index (χ2v) is 6.70. The van der Waals surface area contributed by atoms with Gasteiger partial charge < -0.3 is 15.4 Å². The van der Waals surface area contributed by atoms with E-state index in [9.17, 15) is 0 Å². The molecule has 1 aliphatic rings. The first-order valence-electron chi connectivity index (χ1n) is 6.75. The third-order valence-corrected chi connectivity index (χ3v) is 4.31. The SMILES string of the molecule is CCNC(=NCC(C)(C)SC)NC1CCOCC1. The summed E-state index contributed by atoms with van der Waals surface area (Å²) in [6.07, 6.45) is 4.26. The molecule has 1 fully saturated rings. The molecule has 2 N–H and O–H groups in total. The molecule has 0 aromatic carbocycles. The summed E-state index contributed by atoms with van der Waals surface area (Å²) in [6, 6.07) is 0.494. The van der Waals surface area contributed by atoms with Crippen molar-refractivity contribution in [1.29, 1.82) is 0 Å². The molecule has 4 nitrogen and oxygen atoms in total. The van der Waals surface area contributed by atoms with Crippen molar-refractivity contribution < 1.29 is 4.74 Å². The van der Waals surface area contributed by atoms with Gasteiger partial charge in [0.15, 0.2) is 5.96 Å². The first-order valence-corrected chi connectivity index (χ1v) is 7.97. The van der Waals surface area contributed by atoms with Crippen LogP contribution in [0.15, 0.2) is 4.99 Å². The highest BCUT2D eigenvalue weighted by molar-refractivity contribution is 7.99. The Labute approximate surface area is 115 Å². The zero-order valence-corrected chi connectivity index (χ0v) is 12.9. The maximum Gasteiger partial charge on any atom is 0.191 e. The standard InChI is InChI=1S/C13H27N3OS/c1-5-14-12(15-10-13(2,3)18-4)16-11-6-8-17-9-7-11/h11H,5-10H2,1-4H3,(H2,14,15,16). The van der Waals surface area contributed by atoms with Crippen molar-refractivity contribution in [3.05, 3.63) is 0 Å². The van der Waals surface area contributed by atoms with E-state index in [1.165, 1.54) is 0 Å². The Bertz CT molecular complexity index is 263. The fourth-order valence-corrected chi connectivity index (χ4v) is 1.88. The largest absolute Gasteiger partial charge is 0.381 e. The van der Waals surface area contributed by atoms with Crippen molar-refractivity contribution in [3.63, 3.8) is 0 Å². The predicted molar refractivity (Wildman–Crippen MR) is 80.5 cm³/mol. The summed E-state index contributed by atoms with van der Waals surface area (Å²) in [5.41, 5.74) is 0. The van der Waals surface area contributed by atoms with Crippen LogP contribution in [0.1, 0.15) is 33.6 Å². The van der Waals surface area contributed by atoms with Gasteiger partial charge in [0.25, 0.3) is 0 Å². The highest BCUT2D eigenvalue weighted by Crippen LogP contribution is 2.21. The number of ether oxygens (including phenoxy) is 1. The molecule has 1 rings (SSSR count). The minimum Gasteiger partial charge on any atom is -0.381 e. The first kappa shape index (κ1) is 15.6. The number of nitrogens with one attached hydrogen (secondary N) is 2. The van der Waals surface area contributed by atoms with Crippen LogP contribution in [0.5, 0.6) is 0 Å². The van der Waals surface area contributed by atoms with Gasteiger partial charge in [0, 0.05) is 30.5 Å². The first-order chi connectivity index (χ1) is 8.57. The molecule has 0 spiro atoms. The Balaban J connectivity index is 2.49. The van der Waals surface area contributed by atoms with Gasteiger partial charge in [-0.1, -0.05) is 0 Å². The van der Waals surface area contributed by atoms with Crippen molar-refractivity contribution in [2.75, 3.05) is 32.6 Å². The molecule has 0 aliphatic carbocycles. The van der Waals surface area contributed by atoms with Gasteiger partial charge >= 0.3 is 0 Å². The maximum absolute atomic E-state index is 5.37. The average Bonchev–Trinajstić information content (AvgIpc) is 2.38. The van der Waals surface area contributed by atoms with Crippen LogP contribution in [-0.4, -0.2) is 49.3 Å². The van der Waals surface area contributed by atoms with Crippen LogP contribution in [-0.2, 0) is 4.74 Å². The number of nitrogens with zero attached hydrogens (tertiary/aromatic N) is 1. The van der Waals surface area contributed by atoms with Crippen molar-refractivity contribution >= 4 is 17.7 Å². The normalized spacial score (nSPS) is 18.8. The van der Waals surface area contributed by atoms with Crippen molar-refractivity contribution in [2.24, 2.45) is 4.99 Å². The van der Waals surface area contributed by atoms with E-state index < -0.39 is 0 Å². The van der Waals surface area contributed by atoms with E-state index >= 15 is 0 Å². The third kappa shape index (κ3) is 5.96. The molecule has 0 unspecified atom stereocenters. The van der Waals surface area contributed by atoms with Crippen molar-refractivity contribution in [1.82, 2.24) is 10.6 Å². The third-order valence-electron chi connectivity index (χ3n) is 3.08. The molecule has 0 radical (unpaired) electrons. The van der Waals surface area contributed by atoms with Gasteiger partial charge in [0.1, 0.15) is 0 Å². The molecule has 18 heavy (non-hydrogen) atoms. The fraction of sp³-hybridized carbons (Fsp3) is 0.923. The molecular weight excluding hydrogens is 246 g/mol. The minimum absolute atomic E-state index is 0.192. The van der Waals surface area contributed by atoms with E-state index in [0.29, 0.717) is 6.04 Å². The fourth-order valence-electron chi connectivity index (χ4n) is 1.69. The van der Waals surface area contributed by atoms with Gasteiger partial charge in [-0.25, -0.2) is 0 Å². The predicted octanol–water partition coefficient (Wildman–Crippen LogP) is 1.86. The zero-order chi connectivity index (χ0) is 13.4. The summed E-state index contributed by atoms with van der Waals surface area (Å²) >= 11 is 1.85. The van der Waals surface area contributed by atoms with E-state index in [1.54, 1.807) is 0 Å². The molecule has 1 heterocycles. The topological polar surface area (TPSA) is 45.7 Å². The van der Waals surface area contributed by atoms with Crippen LogP contribution >= 0.6 is 11.8 Å². The smallest absolute Gasteiger partial charge is 0.191 e. The van der Waals surface area contributed by atoms with Gasteiger partial charge in [0.2, 0.25) is 0 Å². The summed E-state index contributed by atoms with van der Waals surface area (Å²) in [5.74, 6) is 0.937. The van der Waals surface area contributed by atoms with Gasteiger partial charge in [-0.2, -0.15) is 11.8 Å². The Hall–Kier alpha value is -0.420. The molecule has 0 amide bonds. The molecule has 0 bridgehead atoms. The highest BCUT2D eigenvalue weighted by atomic mass is 32.2. The van der Waals surface area contributed by atoms with E-state index in [0.717, 1.165) is 45.1 Å². The Morgan fingerprint density at radius 1 is 1.39 bits per heavy atom. The lowest BCUT2D eigenvalue weighted by atomic mass is 10.1. The van der Waals surface area contributed by atoms with E-state index in [2.05, 4.69) is 42.7 Å². The Morgan fingerprint density at radius 2 is 2.06 bits per heavy atom. The van der Waals surface area contributed by atoms with Crippen LogP contribution in [0.25, 0.3) is 0 Å². The summed E-state index contributed by atoms with van der Waals surface area (Å²) in [4.78, 5) is 4.68. The number of aliphatic imine (C=N–C) groups is 1. The monoisotopic (exact) mass is 273 g/mol. The van der Waals surface area contributed by atoms with Crippen molar-refractivity contribution in [3.8, 4) is 0 Å². The molecule has 1 aliphatic heterocycles. The lowest BCUT2D eigenvalue weighted by Crippen LogP contribution is -2.46. The number of thioether (sulfide) groups is 1. The lowest BCUT2D eigenvalue weighted by Gasteiger charge is -2.26. The molecule has 0 aromatic rings. The summed E-state index contributed by atoms with van der Waals surface area (Å²) in [5, 5.41) is 6.82. The van der Waals surface area contributed by atoms with E-state index in [1.807, 2.05) is 11.8 Å². The zero-order valence-electron chi connectivity index (χ0n) is 12.1. The van der Waals surface area contributed by atoms with Gasteiger partial charge in [-0.15, -0.1) is 0 Å². The molecular formula is C13H27N3OS. The minimum atomic E-state index is 0.192. The quantitative estimate of drug-likeness (QED) is 0.593. The lowest BCUT2D eigenvalue weighted by molar-refractivity contribution is 0.0822. The van der Waals surface area contributed by atoms with Gasteiger partial charge in [0.05, 0.1) is 6.54 Å². The average molecular weight is 273 g/mol. The van der Waals surface area contributed by atoms with Crippen LogP contribution in [0.3, 0.4) is 0 Å². The van der Waals surface area contributed by atoms with Crippen LogP contribution in [0, 0.1) is 0 Å². The highest BCUT2D eigenvalue weighted by Gasteiger charge is 2.17. The molecule has 0 aromatic heterocycles. The Morgan fingerprint density at radius 3 is 2.61 bits per heavy atom.